The first kappa shape index (κ1) is 15.9. The zero-order chi connectivity index (χ0) is 14.1. The van der Waals surface area contributed by atoms with Gasteiger partial charge in [0.05, 0.1) is 20.8 Å². The molecule has 0 N–H and O–H groups in total. The molecule has 0 aliphatic rings. The van der Waals surface area contributed by atoms with E-state index < -0.39 is 0 Å². The highest BCUT2D eigenvalue weighted by atomic mass is 79.9. The first-order chi connectivity index (χ1) is 9.26. The predicted molar refractivity (Wildman–Crippen MR) is 82.8 cm³/mol. The van der Waals surface area contributed by atoms with Crippen LogP contribution >= 0.6 is 15.9 Å². The fraction of sp³-hybridized carbons (Fsp3) is 0.467. The van der Waals surface area contributed by atoms with Gasteiger partial charge in [0, 0.05) is 5.33 Å². The Morgan fingerprint density at radius 1 is 1.16 bits per heavy atom. The maximum absolute atomic E-state index is 5.77. The van der Waals surface area contributed by atoms with E-state index in [0.717, 1.165) is 23.7 Å². The second-order valence-electron chi connectivity index (χ2n) is 4.01. The van der Waals surface area contributed by atoms with Gasteiger partial charge in [0.25, 0.3) is 0 Å². The average molecular weight is 329 g/mol. The van der Waals surface area contributed by atoms with E-state index in [0.29, 0.717) is 23.9 Å². The van der Waals surface area contributed by atoms with Gasteiger partial charge in [0.1, 0.15) is 0 Å². The number of methoxy groups -OCH3 is 2. The number of alkyl halides is 1. The van der Waals surface area contributed by atoms with Crippen molar-refractivity contribution >= 4 is 22.0 Å². The molecule has 0 atom stereocenters. The lowest BCUT2D eigenvalue weighted by atomic mass is 10.1. The molecule has 0 aromatic heterocycles. The third-order valence-corrected chi connectivity index (χ3v) is 3.00. The van der Waals surface area contributed by atoms with Crippen molar-refractivity contribution in [2.45, 2.75) is 19.8 Å². The van der Waals surface area contributed by atoms with E-state index in [1.165, 1.54) is 0 Å². The smallest absolute Gasteiger partial charge is 0.203 e. The predicted octanol–water partition coefficient (Wildman–Crippen LogP) is 4.29. The van der Waals surface area contributed by atoms with E-state index in [1.54, 1.807) is 14.2 Å². The molecule has 19 heavy (non-hydrogen) atoms. The number of halogens is 1. The van der Waals surface area contributed by atoms with E-state index in [2.05, 4.69) is 22.9 Å². The summed E-state index contributed by atoms with van der Waals surface area (Å²) in [7, 11) is 3.28. The quantitative estimate of drug-likeness (QED) is 0.526. The molecule has 4 heteroatoms. The second-order valence-corrected chi connectivity index (χ2v) is 4.66. The fourth-order valence-corrected chi connectivity index (χ4v) is 1.82. The highest BCUT2D eigenvalue weighted by Crippen LogP contribution is 2.39. The third-order valence-electron chi connectivity index (χ3n) is 2.63. The summed E-state index contributed by atoms with van der Waals surface area (Å²) in [4.78, 5) is 0. The molecule has 0 bridgehead atoms. The van der Waals surface area contributed by atoms with Crippen LogP contribution in [-0.4, -0.2) is 26.2 Å². The van der Waals surface area contributed by atoms with Gasteiger partial charge in [-0.3, -0.25) is 0 Å². The van der Waals surface area contributed by atoms with Crippen molar-refractivity contribution in [1.82, 2.24) is 0 Å². The molecule has 3 nitrogen and oxygen atoms in total. The molecule has 1 aromatic carbocycles. The van der Waals surface area contributed by atoms with Crippen LogP contribution in [0, 0.1) is 0 Å². The average Bonchev–Trinajstić information content (AvgIpc) is 2.45. The Morgan fingerprint density at radius 2 is 1.79 bits per heavy atom. The zero-order valence-corrected chi connectivity index (χ0v) is 13.3. The Kier molecular flexibility index (Phi) is 7.41. The van der Waals surface area contributed by atoms with E-state index in [4.69, 9.17) is 14.2 Å². The summed E-state index contributed by atoms with van der Waals surface area (Å²) in [5.74, 6) is 2.07. The van der Waals surface area contributed by atoms with Crippen LogP contribution in [0.3, 0.4) is 0 Å². The molecular weight excluding hydrogens is 308 g/mol. The Labute approximate surface area is 123 Å². The SMILES string of the molecule is CCCCOc1c(OC)cc(/C=C/CBr)cc1OC. The van der Waals surface area contributed by atoms with Gasteiger partial charge < -0.3 is 14.2 Å². The van der Waals surface area contributed by atoms with Crippen molar-refractivity contribution in [3.8, 4) is 17.2 Å². The molecule has 1 rings (SSSR count). The van der Waals surface area contributed by atoms with Crippen LogP contribution in [0.1, 0.15) is 25.3 Å². The van der Waals surface area contributed by atoms with Gasteiger partial charge >= 0.3 is 0 Å². The number of unbranched alkanes of at least 4 members (excludes halogenated alkanes) is 1. The van der Waals surface area contributed by atoms with Crippen molar-refractivity contribution in [1.29, 1.82) is 0 Å². The van der Waals surface area contributed by atoms with Gasteiger partial charge in [0.15, 0.2) is 11.5 Å². The van der Waals surface area contributed by atoms with Crippen molar-refractivity contribution in [2.75, 3.05) is 26.2 Å². The van der Waals surface area contributed by atoms with Gasteiger partial charge in [-0.2, -0.15) is 0 Å². The number of rotatable bonds is 8. The molecule has 0 radical (unpaired) electrons. The number of hydrogen-bond acceptors (Lipinski definition) is 3. The van der Waals surface area contributed by atoms with Gasteiger partial charge in [-0.05, 0) is 24.1 Å². The number of ether oxygens (including phenoxy) is 3. The third kappa shape index (κ3) is 4.78. The molecule has 0 amide bonds. The van der Waals surface area contributed by atoms with Crippen LogP contribution in [0.2, 0.25) is 0 Å². The highest BCUT2D eigenvalue weighted by molar-refractivity contribution is 9.09. The summed E-state index contributed by atoms with van der Waals surface area (Å²) in [6, 6.07) is 3.89. The van der Waals surface area contributed by atoms with Crippen molar-refractivity contribution in [3.05, 3.63) is 23.8 Å². The first-order valence-corrected chi connectivity index (χ1v) is 7.50. The molecule has 0 aliphatic carbocycles. The number of allylic oxidation sites excluding steroid dienone is 1. The minimum absolute atomic E-state index is 0.666. The first-order valence-electron chi connectivity index (χ1n) is 6.38. The normalized spacial score (nSPS) is 10.7. The summed E-state index contributed by atoms with van der Waals surface area (Å²) >= 11 is 3.36. The van der Waals surface area contributed by atoms with Crippen LogP contribution in [-0.2, 0) is 0 Å². The topological polar surface area (TPSA) is 27.7 Å². The van der Waals surface area contributed by atoms with Gasteiger partial charge in [0.2, 0.25) is 5.75 Å². The van der Waals surface area contributed by atoms with E-state index in [9.17, 15) is 0 Å². The van der Waals surface area contributed by atoms with Crippen LogP contribution in [0.4, 0.5) is 0 Å². The van der Waals surface area contributed by atoms with Gasteiger partial charge in [-0.1, -0.05) is 41.4 Å². The zero-order valence-electron chi connectivity index (χ0n) is 11.7. The molecule has 106 valence electrons. The van der Waals surface area contributed by atoms with Crippen LogP contribution in [0.5, 0.6) is 17.2 Å². The molecule has 0 heterocycles. The van der Waals surface area contributed by atoms with E-state index in [1.807, 2.05) is 24.3 Å². The lowest BCUT2D eigenvalue weighted by Gasteiger charge is -2.15. The highest BCUT2D eigenvalue weighted by Gasteiger charge is 2.13. The van der Waals surface area contributed by atoms with Crippen molar-refractivity contribution < 1.29 is 14.2 Å². The maximum Gasteiger partial charge on any atom is 0.203 e. The summed E-state index contributed by atoms with van der Waals surface area (Å²) in [5.41, 5.74) is 1.02. The van der Waals surface area contributed by atoms with Gasteiger partial charge in [-0.15, -0.1) is 0 Å². The van der Waals surface area contributed by atoms with Gasteiger partial charge in [-0.25, -0.2) is 0 Å². The molecule has 0 spiro atoms. The van der Waals surface area contributed by atoms with E-state index in [-0.39, 0.29) is 0 Å². The van der Waals surface area contributed by atoms with Crippen molar-refractivity contribution in [2.24, 2.45) is 0 Å². The number of hydrogen-bond donors (Lipinski definition) is 0. The summed E-state index contributed by atoms with van der Waals surface area (Å²) in [6.07, 6.45) is 6.13. The van der Waals surface area contributed by atoms with Crippen LogP contribution < -0.4 is 14.2 Å². The lowest BCUT2D eigenvalue weighted by Crippen LogP contribution is -2.01. The molecule has 0 saturated carbocycles. The molecule has 0 unspecified atom stereocenters. The molecule has 0 fully saturated rings. The van der Waals surface area contributed by atoms with E-state index >= 15 is 0 Å². The lowest BCUT2D eigenvalue weighted by molar-refractivity contribution is 0.270. The molecule has 1 aromatic rings. The Hall–Kier alpha value is -1.16. The fourth-order valence-electron chi connectivity index (χ4n) is 1.64. The Morgan fingerprint density at radius 3 is 2.26 bits per heavy atom. The monoisotopic (exact) mass is 328 g/mol. The minimum atomic E-state index is 0.666. The Bertz CT molecular complexity index is 391. The Balaban J connectivity index is 3.03. The van der Waals surface area contributed by atoms with Crippen LogP contribution in [0.25, 0.3) is 6.08 Å². The number of benzene rings is 1. The largest absolute Gasteiger partial charge is 0.493 e. The second kappa shape index (κ2) is 8.86. The standard InChI is InChI=1S/C15H21BrO3/c1-4-5-9-19-15-13(17-2)10-12(7-6-8-16)11-14(15)18-3/h6-7,10-11H,4-5,8-9H2,1-3H3/b7-6+. The summed E-state index contributed by atoms with van der Waals surface area (Å²) < 4.78 is 16.5. The molecule has 0 aliphatic heterocycles. The maximum atomic E-state index is 5.77. The summed E-state index contributed by atoms with van der Waals surface area (Å²) in [5, 5.41) is 0.812. The minimum Gasteiger partial charge on any atom is -0.493 e. The van der Waals surface area contributed by atoms with Crippen LogP contribution in [0.15, 0.2) is 18.2 Å². The summed E-state index contributed by atoms with van der Waals surface area (Å²) in [6.45, 7) is 2.80. The molecular formula is C15H21BrO3. The van der Waals surface area contributed by atoms with Crippen molar-refractivity contribution in [3.63, 3.8) is 0 Å². The molecule has 0 saturated heterocycles.